The molecule has 1 spiro atoms. The highest BCUT2D eigenvalue weighted by Gasteiger charge is 2.75. The van der Waals surface area contributed by atoms with Crippen molar-refractivity contribution in [1.82, 2.24) is 5.32 Å². The number of benzene rings is 1. The number of nitrogens with zero attached hydrogens (tertiary/aromatic N) is 1. The number of esters is 1. The number of hydrogen-bond donors (Lipinski definition) is 1. The minimum Gasteiger partial charge on any atom is -0.448 e. The van der Waals surface area contributed by atoms with Gasteiger partial charge in [-0.2, -0.15) is 0 Å². The van der Waals surface area contributed by atoms with Gasteiger partial charge in [-0.05, 0) is 57.6 Å². The molecule has 2 aliphatic carbocycles. The van der Waals surface area contributed by atoms with Crippen molar-refractivity contribution in [2.24, 2.45) is 16.2 Å². The molecule has 5 rings (SSSR count). The summed E-state index contributed by atoms with van der Waals surface area (Å²) in [6.45, 7) is 6.09. The fourth-order valence-electron chi connectivity index (χ4n) is 6.72. The predicted octanol–water partition coefficient (Wildman–Crippen LogP) is 3.87. The van der Waals surface area contributed by atoms with Gasteiger partial charge in [0.15, 0.2) is 5.60 Å². The molecule has 4 fully saturated rings. The van der Waals surface area contributed by atoms with Gasteiger partial charge in [0.2, 0.25) is 5.91 Å². The third-order valence-electron chi connectivity index (χ3n) is 9.30. The molecule has 4 aliphatic rings. The van der Waals surface area contributed by atoms with Crippen LogP contribution in [0.2, 0.25) is 0 Å². The topological polar surface area (TPSA) is 75.7 Å². The first-order valence-corrected chi connectivity index (χ1v) is 11.8. The Hall–Kier alpha value is -2.51. The van der Waals surface area contributed by atoms with E-state index in [1.165, 1.54) is 17.0 Å². The first-order chi connectivity index (χ1) is 15.4. The maximum atomic E-state index is 13.7. The molecule has 2 saturated carbocycles. The standard InChI is InChI=1S/C25H30F2N2O4/c1-22(2)23(3)7-8-25(22,33-21(23)32)19(30)28-17-5-4-6-24(14-17)9-10-29(20(24)31)18-12-15(26)11-16(27)13-18/h11-13,17H,4-10,14H2,1-3H3,(H,28,30)/t17-,23+,24-,25-/m1/s1. The lowest BCUT2D eigenvalue weighted by Gasteiger charge is -2.40. The van der Waals surface area contributed by atoms with Gasteiger partial charge in [0.1, 0.15) is 11.6 Å². The Morgan fingerprint density at radius 1 is 1.06 bits per heavy atom. The van der Waals surface area contributed by atoms with Crippen molar-refractivity contribution in [3.05, 3.63) is 29.8 Å². The summed E-state index contributed by atoms with van der Waals surface area (Å²) in [4.78, 5) is 40.9. The predicted molar refractivity (Wildman–Crippen MR) is 116 cm³/mol. The lowest BCUT2D eigenvalue weighted by atomic mass is 9.66. The number of rotatable bonds is 3. The van der Waals surface area contributed by atoms with Crippen molar-refractivity contribution in [2.75, 3.05) is 11.4 Å². The highest BCUT2D eigenvalue weighted by atomic mass is 19.1. The summed E-state index contributed by atoms with van der Waals surface area (Å²) in [5.74, 6) is -2.18. The zero-order chi connectivity index (χ0) is 23.8. The van der Waals surface area contributed by atoms with Crippen LogP contribution in [-0.4, -0.2) is 36.0 Å². The fraction of sp³-hybridized carbons (Fsp3) is 0.640. The van der Waals surface area contributed by atoms with E-state index in [2.05, 4.69) is 5.32 Å². The van der Waals surface area contributed by atoms with Crippen molar-refractivity contribution in [1.29, 1.82) is 0 Å². The van der Waals surface area contributed by atoms with Gasteiger partial charge >= 0.3 is 5.97 Å². The summed E-state index contributed by atoms with van der Waals surface area (Å²) in [5.41, 5.74) is -2.93. The van der Waals surface area contributed by atoms with E-state index >= 15 is 0 Å². The molecule has 2 heterocycles. The molecule has 0 aromatic heterocycles. The number of hydrogen-bond acceptors (Lipinski definition) is 4. The van der Waals surface area contributed by atoms with Crippen LogP contribution in [0.1, 0.15) is 65.7 Å². The first-order valence-electron chi connectivity index (χ1n) is 11.8. The number of halogens is 2. The van der Waals surface area contributed by atoms with E-state index in [0.717, 1.165) is 18.9 Å². The number of fused-ring (bicyclic) bond motifs is 2. The fourth-order valence-corrected chi connectivity index (χ4v) is 6.72. The van der Waals surface area contributed by atoms with E-state index in [1.807, 2.05) is 20.8 Å². The summed E-state index contributed by atoms with van der Waals surface area (Å²) < 4.78 is 33.2. The van der Waals surface area contributed by atoms with Crippen LogP contribution in [0.4, 0.5) is 14.5 Å². The Morgan fingerprint density at radius 3 is 2.36 bits per heavy atom. The van der Waals surface area contributed by atoms with Gasteiger partial charge in [-0.1, -0.05) is 20.3 Å². The van der Waals surface area contributed by atoms with Crippen molar-refractivity contribution >= 4 is 23.5 Å². The normalized spacial score (nSPS) is 37.0. The highest BCUT2D eigenvalue weighted by molar-refractivity contribution is 6.00. The largest absolute Gasteiger partial charge is 0.448 e. The van der Waals surface area contributed by atoms with E-state index in [1.54, 1.807) is 0 Å². The molecule has 6 nitrogen and oxygen atoms in total. The molecule has 1 aromatic rings. The van der Waals surface area contributed by atoms with Crippen LogP contribution in [0.3, 0.4) is 0 Å². The van der Waals surface area contributed by atoms with Crippen LogP contribution < -0.4 is 10.2 Å². The lowest BCUT2D eigenvalue weighted by molar-refractivity contribution is -0.168. The summed E-state index contributed by atoms with van der Waals surface area (Å²) in [5, 5.41) is 3.11. The monoisotopic (exact) mass is 460 g/mol. The Labute approximate surface area is 192 Å². The lowest BCUT2D eigenvalue weighted by Crippen LogP contribution is -2.57. The summed E-state index contributed by atoms with van der Waals surface area (Å²) in [6.07, 6.45) is 4.30. The van der Waals surface area contributed by atoms with E-state index in [9.17, 15) is 23.2 Å². The molecule has 4 atom stereocenters. The number of carbonyl (C=O) groups is 3. The van der Waals surface area contributed by atoms with E-state index in [-0.39, 0.29) is 29.5 Å². The highest BCUT2D eigenvalue weighted by Crippen LogP contribution is 2.65. The van der Waals surface area contributed by atoms with E-state index in [0.29, 0.717) is 38.6 Å². The molecule has 2 amide bonds. The molecular formula is C25H30F2N2O4. The van der Waals surface area contributed by atoms with Crippen LogP contribution in [0.5, 0.6) is 0 Å². The second-order valence-corrected chi connectivity index (χ2v) is 11.1. The van der Waals surface area contributed by atoms with Gasteiger partial charge in [0.05, 0.1) is 10.8 Å². The third-order valence-corrected chi connectivity index (χ3v) is 9.30. The van der Waals surface area contributed by atoms with Crippen molar-refractivity contribution < 1.29 is 27.9 Å². The maximum absolute atomic E-state index is 13.7. The van der Waals surface area contributed by atoms with Gasteiger partial charge in [-0.3, -0.25) is 14.4 Å². The van der Waals surface area contributed by atoms with Crippen molar-refractivity contribution in [3.63, 3.8) is 0 Å². The molecular weight excluding hydrogens is 430 g/mol. The zero-order valence-electron chi connectivity index (χ0n) is 19.3. The molecule has 2 saturated heterocycles. The maximum Gasteiger partial charge on any atom is 0.313 e. The molecule has 2 aliphatic heterocycles. The molecule has 178 valence electrons. The number of amides is 2. The molecule has 8 heteroatoms. The Morgan fingerprint density at radius 2 is 1.76 bits per heavy atom. The van der Waals surface area contributed by atoms with Gasteiger partial charge in [-0.25, -0.2) is 8.78 Å². The minimum absolute atomic E-state index is 0.148. The minimum atomic E-state index is -1.19. The molecule has 0 unspecified atom stereocenters. The number of anilines is 1. The molecule has 2 bridgehead atoms. The average molecular weight is 461 g/mol. The molecule has 1 aromatic carbocycles. The summed E-state index contributed by atoms with van der Waals surface area (Å²) in [7, 11) is 0. The smallest absolute Gasteiger partial charge is 0.313 e. The van der Waals surface area contributed by atoms with E-state index in [4.69, 9.17) is 4.74 Å². The first kappa shape index (κ1) is 22.3. The number of ether oxygens (including phenoxy) is 1. The Balaban J connectivity index is 1.33. The van der Waals surface area contributed by atoms with Crippen LogP contribution in [0, 0.1) is 27.9 Å². The van der Waals surface area contributed by atoms with Gasteiger partial charge < -0.3 is 15.0 Å². The Bertz CT molecular complexity index is 1040. The van der Waals surface area contributed by atoms with E-state index < -0.39 is 33.5 Å². The summed E-state index contributed by atoms with van der Waals surface area (Å²) >= 11 is 0. The third kappa shape index (κ3) is 2.91. The Kier molecular flexibility index (Phi) is 4.73. The van der Waals surface area contributed by atoms with Gasteiger partial charge in [0, 0.05) is 29.8 Å². The van der Waals surface area contributed by atoms with Crippen LogP contribution in [0.25, 0.3) is 0 Å². The second-order valence-electron chi connectivity index (χ2n) is 11.1. The summed E-state index contributed by atoms with van der Waals surface area (Å²) in [6, 6.07) is 2.91. The molecule has 0 radical (unpaired) electrons. The average Bonchev–Trinajstić information content (AvgIpc) is 3.20. The SMILES string of the molecule is CC1(C)[C@@]2(C)CC[C@]1(C(=O)N[C@@H]1CCC[C@@]3(CCN(c4cc(F)cc(F)c4)C3=O)C1)OC2=O. The van der Waals surface area contributed by atoms with Crippen LogP contribution >= 0.6 is 0 Å². The molecule has 1 N–H and O–H groups in total. The molecule has 33 heavy (non-hydrogen) atoms. The van der Waals surface area contributed by atoms with Crippen LogP contribution in [-0.2, 0) is 19.1 Å². The quantitative estimate of drug-likeness (QED) is 0.695. The zero-order valence-corrected chi connectivity index (χ0v) is 19.3. The number of nitrogens with one attached hydrogen (secondary N) is 1. The van der Waals surface area contributed by atoms with Gasteiger partial charge in [-0.15, -0.1) is 0 Å². The van der Waals surface area contributed by atoms with Crippen molar-refractivity contribution in [2.45, 2.75) is 77.4 Å². The van der Waals surface area contributed by atoms with Crippen LogP contribution in [0.15, 0.2) is 18.2 Å². The van der Waals surface area contributed by atoms with Gasteiger partial charge in [0.25, 0.3) is 5.91 Å². The number of carbonyl (C=O) groups excluding carboxylic acids is 3. The second kappa shape index (κ2) is 7.00. The van der Waals surface area contributed by atoms with Crippen molar-refractivity contribution in [3.8, 4) is 0 Å².